The molecule has 1 aromatic carbocycles. The minimum atomic E-state index is 0.243. The number of rotatable bonds is 4. The predicted octanol–water partition coefficient (Wildman–Crippen LogP) is 4.90. The van der Waals surface area contributed by atoms with Crippen LogP contribution >= 0.6 is 23.2 Å². The molecule has 1 atom stereocenters. The van der Waals surface area contributed by atoms with E-state index >= 15 is 0 Å². The van der Waals surface area contributed by atoms with Crippen molar-refractivity contribution >= 4 is 34.7 Å². The Labute approximate surface area is 150 Å². The molecular weight excluding hydrogens is 345 g/mol. The van der Waals surface area contributed by atoms with Gasteiger partial charge in [0.25, 0.3) is 0 Å². The lowest BCUT2D eigenvalue weighted by atomic mass is 10.1. The van der Waals surface area contributed by atoms with Gasteiger partial charge in [0.15, 0.2) is 0 Å². The molecule has 3 heterocycles. The third-order valence-electron chi connectivity index (χ3n) is 4.22. The summed E-state index contributed by atoms with van der Waals surface area (Å²) < 4.78 is 7.70. The molecule has 0 radical (unpaired) electrons. The van der Waals surface area contributed by atoms with Crippen LogP contribution in [-0.4, -0.2) is 28.6 Å². The second-order valence-electron chi connectivity index (χ2n) is 5.91. The van der Waals surface area contributed by atoms with E-state index in [1.165, 1.54) is 0 Å². The Balaban J connectivity index is 1.75. The van der Waals surface area contributed by atoms with Gasteiger partial charge in [-0.1, -0.05) is 35.3 Å². The summed E-state index contributed by atoms with van der Waals surface area (Å²) in [5.74, 6) is 0.922. The first kappa shape index (κ1) is 15.8. The highest BCUT2D eigenvalue weighted by Crippen LogP contribution is 2.31. The molecule has 6 heteroatoms. The van der Waals surface area contributed by atoms with E-state index in [1.807, 2.05) is 47.0 Å². The zero-order chi connectivity index (χ0) is 16.5. The fraction of sp³-hybridized carbons (Fsp3) is 0.278. The Morgan fingerprint density at radius 1 is 1.12 bits per heavy atom. The number of pyridine rings is 1. The molecule has 24 heavy (non-hydrogen) atoms. The van der Waals surface area contributed by atoms with Crippen LogP contribution in [0.2, 0.25) is 10.0 Å². The molecule has 124 valence electrons. The van der Waals surface area contributed by atoms with Crippen LogP contribution in [0.5, 0.6) is 0 Å². The van der Waals surface area contributed by atoms with Gasteiger partial charge >= 0.3 is 0 Å². The van der Waals surface area contributed by atoms with Crippen LogP contribution in [0.1, 0.15) is 12.8 Å². The molecule has 0 bridgehead atoms. The summed E-state index contributed by atoms with van der Waals surface area (Å²) in [4.78, 5) is 4.76. The smallest absolute Gasteiger partial charge is 0.139 e. The highest BCUT2D eigenvalue weighted by molar-refractivity contribution is 6.30. The highest BCUT2D eigenvalue weighted by Gasteiger charge is 2.19. The van der Waals surface area contributed by atoms with E-state index in [0.29, 0.717) is 10.0 Å². The predicted molar refractivity (Wildman–Crippen MR) is 98.1 cm³/mol. The Kier molecular flexibility index (Phi) is 4.35. The summed E-state index contributed by atoms with van der Waals surface area (Å²) in [6, 6.07) is 11.5. The van der Waals surface area contributed by atoms with Crippen LogP contribution in [0.3, 0.4) is 0 Å². The quantitative estimate of drug-likeness (QED) is 0.718. The van der Waals surface area contributed by atoms with Crippen LogP contribution in [0.15, 0.2) is 42.6 Å². The minimum Gasteiger partial charge on any atom is -0.376 e. The van der Waals surface area contributed by atoms with Gasteiger partial charge in [0, 0.05) is 29.9 Å². The number of halogens is 2. The van der Waals surface area contributed by atoms with Gasteiger partial charge in [0.1, 0.15) is 17.2 Å². The van der Waals surface area contributed by atoms with Gasteiger partial charge in [0.05, 0.1) is 11.1 Å². The van der Waals surface area contributed by atoms with Gasteiger partial charge in [-0.25, -0.2) is 4.98 Å². The van der Waals surface area contributed by atoms with Gasteiger partial charge in [0.2, 0.25) is 0 Å². The van der Waals surface area contributed by atoms with Crippen LogP contribution < -0.4 is 5.32 Å². The van der Waals surface area contributed by atoms with Crippen LogP contribution in [0, 0.1) is 0 Å². The van der Waals surface area contributed by atoms with E-state index in [0.717, 1.165) is 48.7 Å². The first-order valence-electron chi connectivity index (χ1n) is 8.00. The standard InChI is InChI=1S/C18H17Cl2N3O/c19-13-5-3-12(4-6-13)17-18(21-10-15-2-1-9-24-15)23-11-14(20)7-8-16(23)22-17/h3-8,11,15,21H,1-2,9-10H2/t15-/m1/s1. The van der Waals surface area contributed by atoms with Crippen LogP contribution in [0.4, 0.5) is 5.82 Å². The van der Waals surface area contributed by atoms with Gasteiger partial charge in [-0.3, -0.25) is 4.40 Å². The first-order valence-corrected chi connectivity index (χ1v) is 8.75. The molecule has 0 amide bonds. The number of aromatic nitrogens is 2. The van der Waals surface area contributed by atoms with E-state index < -0.39 is 0 Å². The normalized spacial score (nSPS) is 17.5. The second-order valence-corrected chi connectivity index (χ2v) is 6.78. The van der Waals surface area contributed by atoms with Crippen LogP contribution in [0.25, 0.3) is 16.9 Å². The highest BCUT2D eigenvalue weighted by atomic mass is 35.5. The molecule has 0 saturated carbocycles. The van der Waals surface area contributed by atoms with Crippen molar-refractivity contribution < 1.29 is 4.74 Å². The third-order valence-corrected chi connectivity index (χ3v) is 4.70. The topological polar surface area (TPSA) is 38.6 Å². The number of hydrogen-bond donors (Lipinski definition) is 1. The molecule has 0 spiro atoms. The molecule has 1 fully saturated rings. The molecule has 0 aliphatic carbocycles. The molecule has 1 aliphatic rings. The Morgan fingerprint density at radius 3 is 2.67 bits per heavy atom. The maximum absolute atomic E-state index is 6.18. The van der Waals surface area contributed by atoms with E-state index in [4.69, 9.17) is 32.9 Å². The molecule has 2 aromatic heterocycles. The number of imidazole rings is 1. The van der Waals surface area contributed by atoms with Gasteiger partial charge < -0.3 is 10.1 Å². The molecule has 0 unspecified atom stereocenters. The molecule has 1 N–H and O–H groups in total. The number of anilines is 1. The largest absolute Gasteiger partial charge is 0.376 e. The molecule has 4 nitrogen and oxygen atoms in total. The fourth-order valence-corrected chi connectivity index (χ4v) is 3.30. The second kappa shape index (κ2) is 6.63. The number of fused-ring (bicyclic) bond motifs is 1. The van der Waals surface area contributed by atoms with Crippen molar-refractivity contribution in [2.24, 2.45) is 0 Å². The van der Waals surface area contributed by atoms with E-state index in [9.17, 15) is 0 Å². The van der Waals surface area contributed by atoms with Crippen molar-refractivity contribution in [2.75, 3.05) is 18.5 Å². The number of benzene rings is 1. The summed E-state index contributed by atoms with van der Waals surface area (Å²) in [7, 11) is 0. The van der Waals surface area contributed by atoms with Gasteiger partial charge in [-0.05, 0) is 37.1 Å². The van der Waals surface area contributed by atoms with Gasteiger partial charge in [-0.2, -0.15) is 0 Å². The molecule has 4 rings (SSSR count). The molecule has 1 aliphatic heterocycles. The Bertz CT molecular complexity index is 855. The first-order chi connectivity index (χ1) is 11.7. The summed E-state index contributed by atoms with van der Waals surface area (Å²) in [6.07, 6.45) is 4.32. The van der Waals surface area contributed by atoms with Crippen molar-refractivity contribution in [3.63, 3.8) is 0 Å². The fourth-order valence-electron chi connectivity index (χ4n) is 3.01. The van der Waals surface area contributed by atoms with Crippen molar-refractivity contribution in [3.05, 3.63) is 52.6 Å². The molecular formula is C18H17Cl2N3O. The lowest BCUT2D eigenvalue weighted by Crippen LogP contribution is -2.19. The lowest BCUT2D eigenvalue weighted by molar-refractivity contribution is 0.120. The summed E-state index contributed by atoms with van der Waals surface area (Å²) in [6.45, 7) is 1.59. The Hall–Kier alpha value is -1.75. The van der Waals surface area contributed by atoms with Crippen molar-refractivity contribution in [3.8, 4) is 11.3 Å². The van der Waals surface area contributed by atoms with Crippen LogP contribution in [-0.2, 0) is 4.74 Å². The van der Waals surface area contributed by atoms with E-state index in [1.54, 1.807) is 0 Å². The zero-order valence-electron chi connectivity index (χ0n) is 13.0. The minimum absolute atomic E-state index is 0.243. The molecule has 3 aromatic rings. The average Bonchev–Trinajstić information content (AvgIpc) is 3.21. The third kappa shape index (κ3) is 3.09. The number of nitrogens with one attached hydrogen (secondary N) is 1. The lowest BCUT2D eigenvalue weighted by Gasteiger charge is -2.13. The van der Waals surface area contributed by atoms with Crippen molar-refractivity contribution in [1.29, 1.82) is 0 Å². The Morgan fingerprint density at radius 2 is 1.92 bits per heavy atom. The number of hydrogen-bond acceptors (Lipinski definition) is 3. The van der Waals surface area contributed by atoms with E-state index in [2.05, 4.69) is 5.32 Å². The number of nitrogens with zero attached hydrogens (tertiary/aromatic N) is 2. The summed E-state index contributed by atoms with van der Waals surface area (Å²) >= 11 is 12.2. The van der Waals surface area contributed by atoms with Crippen molar-refractivity contribution in [1.82, 2.24) is 9.38 Å². The van der Waals surface area contributed by atoms with Gasteiger partial charge in [-0.15, -0.1) is 0 Å². The maximum Gasteiger partial charge on any atom is 0.139 e. The summed E-state index contributed by atoms with van der Waals surface area (Å²) in [5, 5.41) is 4.88. The zero-order valence-corrected chi connectivity index (χ0v) is 14.5. The summed E-state index contributed by atoms with van der Waals surface area (Å²) in [5.41, 5.74) is 2.74. The average molecular weight is 362 g/mol. The number of ether oxygens (including phenoxy) is 1. The SMILES string of the molecule is Clc1ccc(-c2nc3ccc(Cl)cn3c2NC[C@H]2CCCO2)cc1. The van der Waals surface area contributed by atoms with E-state index in [-0.39, 0.29) is 6.10 Å². The monoisotopic (exact) mass is 361 g/mol. The van der Waals surface area contributed by atoms with Crippen molar-refractivity contribution in [2.45, 2.75) is 18.9 Å². The maximum atomic E-state index is 6.18. The molecule has 1 saturated heterocycles.